The quantitative estimate of drug-likeness (QED) is 0.935. The highest BCUT2D eigenvalue weighted by atomic mass is 16.2. The zero-order valence-electron chi connectivity index (χ0n) is 14.2. The summed E-state index contributed by atoms with van der Waals surface area (Å²) in [5.41, 5.74) is 2.54. The van der Waals surface area contributed by atoms with Crippen LogP contribution in [0, 0.1) is 6.92 Å². The van der Waals surface area contributed by atoms with Gasteiger partial charge in [0.1, 0.15) is 17.8 Å². The first-order valence-electron chi connectivity index (χ1n) is 8.33. The molecule has 1 aliphatic heterocycles. The summed E-state index contributed by atoms with van der Waals surface area (Å²) in [7, 11) is 0. The number of hydrogen-bond acceptors (Lipinski definition) is 5. The number of nitrogens with zero attached hydrogens (tertiary/aromatic N) is 4. The van der Waals surface area contributed by atoms with Gasteiger partial charge in [-0.2, -0.15) is 0 Å². The van der Waals surface area contributed by atoms with E-state index in [4.69, 9.17) is 0 Å². The SMILES string of the molecule is CCN1CCN(C(=O)c2cc(Nc3ccccc3C)ncn2)CC1. The number of rotatable bonds is 4. The van der Waals surface area contributed by atoms with Crippen LogP contribution in [0.15, 0.2) is 36.7 Å². The number of para-hydroxylation sites is 1. The molecule has 1 N–H and O–H groups in total. The standard InChI is InChI=1S/C18H23N5O/c1-3-22-8-10-23(11-9-22)18(24)16-12-17(20-13-19-16)21-15-7-5-4-6-14(15)2/h4-7,12-13H,3,8-11H2,1-2H3,(H,19,20,21). The number of piperazine rings is 1. The topological polar surface area (TPSA) is 61.4 Å². The van der Waals surface area contributed by atoms with Gasteiger partial charge in [-0.1, -0.05) is 25.1 Å². The van der Waals surface area contributed by atoms with E-state index < -0.39 is 0 Å². The van der Waals surface area contributed by atoms with Gasteiger partial charge >= 0.3 is 0 Å². The van der Waals surface area contributed by atoms with Crippen LogP contribution in [0.5, 0.6) is 0 Å². The third-order valence-corrected chi connectivity index (χ3v) is 4.40. The van der Waals surface area contributed by atoms with Crippen LogP contribution in [0.1, 0.15) is 23.0 Å². The van der Waals surface area contributed by atoms with Gasteiger partial charge in [-0.05, 0) is 25.1 Å². The van der Waals surface area contributed by atoms with E-state index in [1.54, 1.807) is 6.07 Å². The van der Waals surface area contributed by atoms with Crippen LogP contribution < -0.4 is 5.32 Å². The molecule has 24 heavy (non-hydrogen) atoms. The third-order valence-electron chi connectivity index (χ3n) is 4.40. The fourth-order valence-electron chi connectivity index (χ4n) is 2.82. The second-order valence-corrected chi connectivity index (χ2v) is 5.95. The summed E-state index contributed by atoms with van der Waals surface area (Å²) in [5, 5.41) is 3.26. The number of benzene rings is 1. The Morgan fingerprint density at radius 1 is 1.17 bits per heavy atom. The van der Waals surface area contributed by atoms with Gasteiger partial charge < -0.3 is 15.1 Å². The fourth-order valence-corrected chi connectivity index (χ4v) is 2.82. The van der Waals surface area contributed by atoms with E-state index in [-0.39, 0.29) is 5.91 Å². The molecular weight excluding hydrogens is 302 g/mol. The number of carbonyl (C=O) groups excluding carboxylic acids is 1. The third kappa shape index (κ3) is 3.71. The van der Waals surface area contributed by atoms with Crippen molar-refractivity contribution >= 4 is 17.4 Å². The molecule has 0 saturated carbocycles. The summed E-state index contributed by atoms with van der Waals surface area (Å²) >= 11 is 0. The molecule has 3 rings (SSSR count). The Morgan fingerprint density at radius 3 is 2.62 bits per heavy atom. The van der Waals surface area contributed by atoms with Crippen molar-refractivity contribution in [3.8, 4) is 0 Å². The molecule has 1 aliphatic rings. The van der Waals surface area contributed by atoms with Crippen LogP contribution in [-0.2, 0) is 0 Å². The molecule has 1 saturated heterocycles. The molecule has 0 spiro atoms. The van der Waals surface area contributed by atoms with E-state index in [1.807, 2.05) is 36.1 Å². The van der Waals surface area contributed by atoms with Crippen LogP contribution >= 0.6 is 0 Å². The number of hydrogen-bond donors (Lipinski definition) is 1. The number of carbonyl (C=O) groups is 1. The van der Waals surface area contributed by atoms with Gasteiger partial charge in [0.05, 0.1) is 0 Å². The van der Waals surface area contributed by atoms with Gasteiger partial charge in [0.15, 0.2) is 0 Å². The average Bonchev–Trinajstić information content (AvgIpc) is 2.63. The Kier molecular flexibility index (Phi) is 5.05. The summed E-state index contributed by atoms with van der Waals surface area (Å²) in [6.45, 7) is 8.53. The zero-order chi connectivity index (χ0) is 16.9. The normalized spacial score (nSPS) is 15.3. The van der Waals surface area contributed by atoms with Crippen LogP contribution in [0.3, 0.4) is 0 Å². The van der Waals surface area contributed by atoms with Gasteiger partial charge in [-0.3, -0.25) is 4.79 Å². The number of nitrogens with one attached hydrogen (secondary N) is 1. The predicted octanol–water partition coefficient (Wildman–Crippen LogP) is 2.31. The number of amides is 1. The molecule has 2 heterocycles. The van der Waals surface area contributed by atoms with Crippen molar-refractivity contribution in [3.63, 3.8) is 0 Å². The van der Waals surface area contributed by atoms with E-state index in [0.717, 1.165) is 44.0 Å². The fraction of sp³-hybridized carbons (Fsp3) is 0.389. The molecule has 1 aromatic carbocycles. The Balaban J connectivity index is 1.71. The summed E-state index contributed by atoms with van der Waals surface area (Å²) in [5.74, 6) is 0.607. The monoisotopic (exact) mass is 325 g/mol. The summed E-state index contributed by atoms with van der Waals surface area (Å²) in [4.78, 5) is 25.3. The molecule has 1 aromatic heterocycles. The van der Waals surface area contributed by atoms with Crippen molar-refractivity contribution in [3.05, 3.63) is 47.9 Å². The van der Waals surface area contributed by atoms with Crippen molar-refractivity contribution in [1.29, 1.82) is 0 Å². The van der Waals surface area contributed by atoms with Crippen molar-refractivity contribution in [2.45, 2.75) is 13.8 Å². The van der Waals surface area contributed by atoms with Gasteiger partial charge in [0.2, 0.25) is 0 Å². The molecule has 2 aromatic rings. The largest absolute Gasteiger partial charge is 0.340 e. The minimum atomic E-state index is -0.0269. The molecule has 126 valence electrons. The number of aryl methyl sites for hydroxylation is 1. The van der Waals surface area contributed by atoms with Crippen molar-refractivity contribution in [1.82, 2.24) is 19.8 Å². The maximum atomic E-state index is 12.7. The Morgan fingerprint density at radius 2 is 1.92 bits per heavy atom. The first-order chi connectivity index (χ1) is 11.7. The second kappa shape index (κ2) is 7.40. The Bertz CT molecular complexity index is 710. The molecule has 0 aliphatic carbocycles. The van der Waals surface area contributed by atoms with Crippen molar-refractivity contribution < 1.29 is 4.79 Å². The van der Waals surface area contributed by atoms with Gasteiger partial charge in [0, 0.05) is 37.9 Å². The minimum Gasteiger partial charge on any atom is -0.340 e. The lowest BCUT2D eigenvalue weighted by Crippen LogP contribution is -2.48. The highest BCUT2D eigenvalue weighted by Gasteiger charge is 2.22. The molecule has 0 bridgehead atoms. The maximum absolute atomic E-state index is 12.7. The molecule has 1 amide bonds. The molecule has 0 atom stereocenters. The number of likely N-dealkylation sites (N-methyl/N-ethyl adjacent to an activating group) is 1. The van der Waals surface area contributed by atoms with Gasteiger partial charge in [-0.15, -0.1) is 0 Å². The van der Waals surface area contributed by atoms with E-state index in [2.05, 4.69) is 27.1 Å². The lowest BCUT2D eigenvalue weighted by molar-refractivity contribution is 0.0637. The first kappa shape index (κ1) is 16.4. The lowest BCUT2D eigenvalue weighted by Gasteiger charge is -2.33. The minimum absolute atomic E-state index is 0.0269. The number of anilines is 2. The van der Waals surface area contributed by atoms with Crippen LogP contribution in [0.2, 0.25) is 0 Å². The summed E-state index contributed by atoms with van der Waals surface area (Å²) < 4.78 is 0. The van der Waals surface area contributed by atoms with Crippen LogP contribution in [-0.4, -0.2) is 58.4 Å². The average molecular weight is 325 g/mol. The van der Waals surface area contributed by atoms with E-state index in [1.165, 1.54) is 6.33 Å². The first-order valence-corrected chi connectivity index (χ1v) is 8.33. The smallest absolute Gasteiger partial charge is 0.272 e. The molecular formula is C18H23N5O. The Hall–Kier alpha value is -2.47. The lowest BCUT2D eigenvalue weighted by atomic mass is 10.2. The molecule has 1 fully saturated rings. The summed E-state index contributed by atoms with van der Waals surface area (Å²) in [6.07, 6.45) is 1.44. The zero-order valence-corrected chi connectivity index (χ0v) is 14.2. The second-order valence-electron chi connectivity index (χ2n) is 5.95. The molecule has 6 heteroatoms. The van der Waals surface area contributed by atoms with E-state index >= 15 is 0 Å². The maximum Gasteiger partial charge on any atom is 0.272 e. The summed E-state index contributed by atoms with van der Waals surface area (Å²) in [6, 6.07) is 9.70. The van der Waals surface area contributed by atoms with Crippen molar-refractivity contribution in [2.75, 3.05) is 38.0 Å². The molecule has 0 radical (unpaired) electrons. The molecule has 6 nitrogen and oxygen atoms in total. The highest BCUT2D eigenvalue weighted by molar-refractivity contribution is 5.93. The van der Waals surface area contributed by atoms with Gasteiger partial charge in [-0.25, -0.2) is 9.97 Å². The van der Waals surface area contributed by atoms with Crippen LogP contribution in [0.4, 0.5) is 11.5 Å². The van der Waals surface area contributed by atoms with Crippen LogP contribution in [0.25, 0.3) is 0 Å². The Labute approximate surface area is 142 Å². The van der Waals surface area contributed by atoms with Gasteiger partial charge in [0.25, 0.3) is 5.91 Å². The predicted molar refractivity (Wildman–Crippen MR) is 94.5 cm³/mol. The van der Waals surface area contributed by atoms with Crippen molar-refractivity contribution in [2.24, 2.45) is 0 Å². The van der Waals surface area contributed by atoms with E-state index in [0.29, 0.717) is 11.5 Å². The molecule has 0 unspecified atom stereocenters. The number of aromatic nitrogens is 2. The highest BCUT2D eigenvalue weighted by Crippen LogP contribution is 2.19. The van der Waals surface area contributed by atoms with E-state index in [9.17, 15) is 4.79 Å².